The molecule has 142 valence electrons. The topological polar surface area (TPSA) is 32.8 Å². The first kappa shape index (κ1) is 19.0. The van der Waals surface area contributed by atoms with Crippen molar-refractivity contribution >= 4 is 17.7 Å². The Morgan fingerprint density at radius 3 is 2.67 bits per heavy atom. The van der Waals surface area contributed by atoms with Crippen LogP contribution < -0.4 is 9.64 Å². The second kappa shape index (κ2) is 8.71. The Hall–Kier alpha value is -2.82. The molecule has 0 bridgehead atoms. The molecule has 0 unspecified atom stereocenters. The summed E-state index contributed by atoms with van der Waals surface area (Å²) in [6, 6.07) is 12.9. The molecule has 0 aromatic heterocycles. The molecule has 0 atom stereocenters. The molecule has 1 saturated heterocycles. The predicted octanol–water partition coefficient (Wildman–Crippen LogP) is 4.11. The van der Waals surface area contributed by atoms with Crippen LogP contribution in [0.2, 0.25) is 0 Å². The molecule has 1 aliphatic rings. The van der Waals surface area contributed by atoms with Gasteiger partial charge in [-0.3, -0.25) is 4.79 Å². The lowest BCUT2D eigenvalue weighted by Crippen LogP contribution is -2.26. The number of carbonyl (C=O) groups excluding carboxylic acids is 1. The molecule has 5 heteroatoms. The van der Waals surface area contributed by atoms with Gasteiger partial charge in [-0.2, -0.15) is 0 Å². The van der Waals surface area contributed by atoms with Gasteiger partial charge in [0.2, 0.25) is 5.91 Å². The number of anilines is 1. The second-order valence-electron chi connectivity index (χ2n) is 6.74. The summed E-state index contributed by atoms with van der Waals surface area (Å²) >= 11 is 0. The van der Waals surface area contributed by atoms with Gasteiger partial charge in [0.25, 0.3) is 0 Å². The molecule has 0 N–H and O–H groups in total. The zero-order valence-corrected chi connectivity index (χ0v) is 15.8. The summed E-state index contributed by atoms with van der Waals surface area (Å²) in [7, 11) is 3.20. The summed E-state index contributed by atoms with van der Waals surface area (Å²) in [5.74, 6) is -0.378. The number of halogens is 1. The van der Waals surface area contributed by atoms with Crippen LogP contribution in [0.1, 0.15) is 24.0 Å². The summed E-state index contributed by atoms with van der Waals surface area (Å²) in [6.07, 6.45) is 5.52. The van der Waals surface area contributed by atoms with E-state index in [1.807, 2.05) is 12.1 Å². The number of nitrogens with zero attached hydrogens (tertiary/aromatic N) is 2. The number of methoxy groups -OCH3 is 1. The van der Waals surface area contributed by atoms with E-state index in [4.69, 9.17) is 4.74 Å². The molecule has 27 heavy (non-hydrogen) atoms. The maximum absolute atomic E-state index is 13.8. The minimum absolute atomic E-state index is 0.123. The molecular weight excluding hydrogens is 343 g/mol. The van der Waals surface area contributed by atoms with Crippen LogP contribution in [0.4, 0.5) is 10.1 Å². The van der Waals surface area contributed by atoms with Crippen molar-refractivity contribution in [3.8, 4) is 5.75 Å². The lowest BCUT2D eigenvalue weighted by molar-refractivity contribution is -0.125. The van der Waals surface area contributed by atoms with Gasteiger partial charge in [-0.25, -0.2) is 4.39 Å². The van der Waals surface area contributed by atoms with Gasteiger partial charge in [0.05, 0.1) is 7.11 Å². The van der Waals surface area contributed by atoms with Crippen LogP contribution in [0.3, 0.4) is 0 Å². The number of ether oxygens (including phenoxy) is 1. The molecule has 1 amide bonds. The van der Waals surface area contributed by atoms with E-state index < -0.39 is 5.82 Å². The Bertz CT molecular complexity index is 829. The second-order valence-corrected chi connectivity index (χ2v) is 6.74. The third kappa shape index (κ3) is 4.67. The fraction of sp³-hybridized carbons (Fsp3) is 0.318. The van der Waals surface area contributed by atoms with E-state index in [2.05, 4.69) is 17.0 Å². The van der Waals surface area contributed by atoms with E-state index in [1.165, 1.54) is 37.8 Å². The van der Waals surface area contributed by atoms with Crippen LogP contribution >= 0.6 is 0 Å². The number of carbonyl (C=O) groups is 1. The Balaban J connectivity index is 1.67. The molecule has 0 aliphatic carbocycles. The summed E-state index contributed by atoms with van der Waals surface area (Å²) in [4.78, 5) is 16.5. The first-order valence-electron chi connectivity index (χ1n) is 9.18. The summed E-state index contributed by atoms with van der Waals surface area (Å²) in [5.41, 5.74) is 2.96. The Kier molecular flexibility index (Phi) is 6.12. The van der Waals surface area contributed by atoms with E-state index in [-0.39, 0.29) is 11.7 Å². The lowest BCUT2D eigenvalue weighted by Gasteiger charge is -2.24. The summed E-state index contributed by atoms with van der Waals surface area (Å²) in [5, 5.41) is 0. The van der Waals surface area contributed by atoms with E-state index in [9.17, 15) is 9.18 Å². The third-order valence-electron chi connectivity index (χ3n) is 4.82. The number of rotatable bonds is 6. The Labute approximate surface area is 159 Å². The van der Waals surface area contributed by atoms with Crippen molar-refractivity contribution in [2.75, 3.05) is 32.1 Å². The molecule has 0 saturated carbocycles. The van der Waals surface area contributed by atoms with E-state index in [0.29, 0.717) is 12.1 Å². The predicted molar refractivity (Wildman–Crippen MR) is 106 cm³/mol. The molecule has 3 rings (SSSR count). The van der Waals surface area contributed by atoms with Crippen LogP contribution in [-0.4, -0.2) is 38.1 Å². The molecule has 4 nitrogen and oxygen atoms in total. The normalized spacial score (nSPS) is 14.0. The van der Waals surface area contributed by atoms with Crippen LogP contribution in [0, 0.1) is 5.82 Å². The van der Waals surface area contributed by atoms with Gasteiger partial charge in [-0.05, 0) is 48.2 Å². The van der Waals surface area contributed by atoms with Crippen LogP contribution in [-0.2, 0) is 11.3 Å². The van der Waals surface area contributed by atoms with Crippen molar-refractivity contribution in [2.24, 2.45) is 0 Å². The number of para-hydroxylation sites is 1. The largest absolute Gasteiger partial charge is 0.494 e. The summed E-state index contributed by atoms with van der Waals surface area (Å²) < 4.78 is 18.7. The van der Waals surface area contributed by atoms with Crippen molar-refractivity contribution in [1.82, 2.24) is 4.90 Å². The van der Waals surface area contributed by atoms with Gasteiger partial charge in [0.15, 0.2) is 11.6 Å². The molecular formula is C22H25FN2O2. The van der Waals surface area contributed by atoms with Gasteiger partial charge >= 0.3 is 0 Å². The highest BCUT2D eigenvalue weighted by Crippen LogP contribution is 2.25. The van der Waals surface area contributed by atoms with Gasteiger partial charge in [0.1, 0.15) is 0 Å². The molecule has 1 heterocycles. The quantitative estimate of drug-likeness (QED) is 0.720. The van der Waals surface area contributed by atoms with Gasteiger partial charge in [-0.15, -0.1) is 0 Å². The van der Waals surface area contributed by atoms with Crippen molar-refractivity contribution < 1.29 is 13.9 Å². The molecule has 1 fully saturated rings. The van der Waals surface area contributed by atoms with Crippen LogP contribution in [0.15, 0.2) is 48.5 Å². The smallest absolute Gasteiger partial charge is 0.246 e. The average Bonchev–Trinajstić information content (AvgIpc) is 3.21. The fourth-order valence-corrected chi connectivity index (χ4v) is 3.33. The van der Waals surface area contributed by atoms with Crippen LogP contribution in [0.25, 0.3) is 6.08 Å². The Morgan fingerprint density at radius 1 is 1.22 bits per heavy atom. The SMILES string of the molecule is COc1ccc(/C=C/C(=O)N(C)Cc2ccccc2N2CCCC2)cc1F. The van der Waals surface area contributed by atoms with Crippen molar-refractivity contribution in [3.05, 3.63) is 65.5 Å². The number of hydrogen-bond donors (Lipinski definition) is 0. The zero-order valence-electron chi connectivity index (χ0n) is 15.8. The monoisotopic (exact) mass is 368 g/mol. The van der Waals surface area contributed by atoms with E-state index in [1.54, 1.807) is 30.2 Å². The Morgan fingerprint density at radius 2 is 1.96 bits per heavy atom. The lowest BCUT2D eigenvalue weighted by atomic mass is 10.1. The van der Waals surface area contributed by atoms with Crippen molar-refractivity contribution in [2.45, 2.75) is 19.4 Å². The first-order chi connectivity index (χ1) is 13.1. The maximum Gasteiger partial charge on any atom is 0.246 e. The standard InChI is InChI=1S/C22H25FN2O2/c1-24(16-18-7-3-4-8-20(18)25-13-5-6-14-25)22(26)12-10-17-9-11-21(27-2)19(23)15-17/h3-4,7-12,15H,5-6,13-14,16H2,1-2H3/b12-10+. The summed E-state index contributed by atoms with van der Waals surface area (Å²) in [6.45, 7) is 2.67. The average molecular weight is 368 g/mol. The fourth-order valence-electron chi connectivity index (χ4n) is 3.33. The van der Waals surface area contributed by atoms with Crippen molar-refractivity contribution in [3.63, 3.8) is 0 Å². The van der Waals surface area contributed by atoms with Gasteiger partial charge in [0, 0.05) is 38.4 Å². The molecule has 2 aromatic rings. The molecule has 0 spiro atoms. The number of hydrogen-bond acceptors (Lipinski definition) is 3. The number of amides is 1. The number of benzene rings is 2. The highest BCUT2D eigenvalue weighted by molar-refractivity contribution is 5.91. The van der Waals surface area contributed by atoms with E-state index in [0.717, 1.165) is 18.7 Å². The molecule has 2 aromatic carbocycles. The third-order valence-corrected chi connectivity index (χ3v) is 4.82. The van der Waals surface area contributed by atoms with Crippen molar-refractivity contribution in [1.29, 1.82) is 0 Å². The molecule has 1 aliphatic heterocycles. The highest BCUT2D eigenvalue weighted by Gasteiger charge is 2.17. The minimum atomic E-state index is -0.444. The zero-order chi connectivity index (χ0) is 19.2. The highest BCUT2D eigenvalue weighted by atomic mass is 19.1. The van der Waals surface area contributed by atoms with Gasteiger partial charge in [-0.1, -0.05) is 24.3 Å². The maximum atomic E-state index is 13.8. The number of likely N-dealkylation sites (N-methyl/N-ethyl adjacent to an activating group) is 1. The van der Waals surface area contributed by atoms with Gasteiger partial charge < -0.3 is 14.5 Å². The molecule has 0 radical (unpaired) electrons. The minimum Gasteiger partial charge on any atom is -0.494 e. The van der Waals surface area contributed by atoms with E-state index >= 15 is 0 Å². The van der Waals surface area contributed by atoms with Crippen LogP contribution in [0.5, 0.6) is 5.75 Å². The first-order valence-corrected chi connectivity index (χ1v) is 9.18.